The van der Waals surface area contributed by atoms with Crippen LogP contribution in [0.2, 0.25) is 0 Å². The molecule has 23 heavy (non-hydrogen) atoms. The third-order valence-corrected chi connectivity index (χ3v) is 3.74. The number of carbonyl (C=O) groups is 1. The number of carbonyl (C=O) groups excluding carboxylic acids is 1. The highest BCUT2D eigenvalue weighted by molar-refractivity contribution is 5.94. The van der Waals surface area contributed by atoms with E-state index in [-0.39, 0.29) is 36.8 Å². The van der Waals surface area contributed by atoms with Crippen molar-refractivity contribution in [2.75, 3.05) is 6.54 Å². The van der Waals surface area contributed by atoms with Crippen molar-refractivity contribution in [1.29, 1.82) is 0 Å². The third-order valence-electron chi connectivity index (χ3n) is 3.74. The Morgan fingerprint density at radius 1 is 1.39 bits per heavy atom. The number of imidazole rings is 1. The van der Waals surface area contributed by atoms with Gasteiger partial charge in [0, 0.05) is 36.2 Å². The number of hydrogen-bond acceptors (Lipinski definition) is 4. The van der Waals surface area contributed by atoms with Gasteiger partial charge in [0.05, 0.1) is 0 Å². The molecule has 0 saturated carbocycles. The van der Waals surface area contributed by atoms with E-state index in [9.17, 15) is 4.79 Å². The SMILES string of the molecule is CC1CC(NC(=O)c2ccnc(-n3ccnc3)c2)CCN1.Cl.Cl. The maximum absolute atomic E-state index is 12.4. The van der Waals surface area contributed by atoms with Crippen LogP contribution in [-0.2, 0) is 0 Å². The van der Waals surface area contributed by atoms with Crippen molar-refractivity contribution in [3.05, 3.63) is 42.6 Å². The van der Waals surface area contributed by atoms with Crippen LogP contribution in [0.1, 0.15) is 30.1 Å². The van der Waals surface area contributed by atoms with Crippen molar-refractivity contribution in [2.24, 2.45) is 0 Å². The summed E-state index contributed by atoms with van der Waals surface area (Å²) in [5.74, 6) is 0.650. The Morgan fingerprint density at radius 2 is 2.22 bits per heavy atom. The second kappa shape index (κ2) is 8.86. The lowest BCUT2D eigenvalue weighted by Crippen LogP contribution is -2.46. The van der Waals surface area contributed by atoms with E-state index in [1.807, 2.05) is 0 Å². The molecule has 0 spiro atoms. The third kappa shape index (κ3) is 4.92. The Labute approximate surface area is 147 Å². The molecule has 8 heteroatoms. The summed E-state index contributed by atoms with van der Waals surface area (Å²) in [6.45, 7) is 3.09. The second-order valence-corrected chi connectivity index (χ2v) is 5.42. The minimum Gasteiger partial charge on any atom is -0.349 e. The van der Waals surface area contributed by atoms with Crippen molar-refractivity contribution in [3.8, 4) is 5.82 Å². The monoisotopic (exact) mass is 357 g/mol. The maximum atomic E-state index is 12.4. The molecule has 2 unspecified atom stereocenters. The minimum atomic E-state index is -0.0436. The van der Waals surface area contributed by atoms with Gasteiger partial charge in [-0.05, 0) is 38.4 Å². The largest absolute Gasteiger partial charge is 0.349 e. The summed E-state index contributed by atoms with van der Waals surface area (Å²) >= 11 is 0. The van der Waals surface area contributed by atoms with Gasteiger partial charge in [-0.25, -0.2) is 9.97 Å². The molecule has 2 aromatic heterocycles. The molecule has 2 aromatic rings. The van der Waals surface area contributed by atoms with E-state index in [1.54, 1.807) is 41.6 Å². The van der Waals surface area contributed by atoms with Crippen molar-refractivity contribution in [1.82, 2.24) is 25.2 Å². The van der Waals surface area contributed by atoms with E-state index in [0.717, 1.165) is 19.4 Å². The molecule has 3 heterocycles. The first-order valence-corrected chi connectivity index (χ1v) is 7.21. The van der Waals surface area contributed by atoms with Crippen LogP contribution in [0.25, 0.3) is 5.82 Å². The summed E-state index contributed by atoms with van der Waals surface area (Å²) < 4.78 is 1.78. The van der Waals surface area contributed by atoms with Crippen molar-refractivity contribution >= 4 is 30.7 Å². The second-order valence-electron chi connectivity index (χ2n) is 5.42. The molecular weight excluding hydrogens is 337 g/mol. The van der Waals surface area contributed by atoms with Gasteiger partial charge in [0.2, 0.25) is 0 Å². The van der Waals surface area contributed by atoms with Gasteiger partial charge in [0.1, 0.15) is 12.1 Å². The van der Waals surface area contributed by atoms with Crippen LogP contribution in [0.5, 0.6) is 0 Å². The number of amides is 1. The number of nitrogens with one attached hydrogen (secondary N) is 2. The van der Waals surface area contributed by atoms with Gasteiger partial charge in [-0.1, -0.05) is 0 Å². The lowest BCUT2D eigenvalue weighted by atomic mass is 10.0. The number of aromatic nitrogens is 3. The number of halogens is 2. The highest BCUT2D eigenvalue weighted by atomic mass is 35.5. The molecule has 0 aromatic carbocycles. The highest BCUT2D eigenvalue weighted by Gasteiger charge is 2.20. The number of hydrogen-bond donors (Lipinski definition) is 2. The van der Waals surface area contributed by atoms with Crippen LogP contribution >= 0.6 is 24.8 Å². The van der Waals surface area contributed by atoms with E-state index in [4.69, 9.17) is 0 Å². The Morgan fingerprint density at radius 3 is 2.91 bits per heavy atom. The molecular formula is C15H21Cl2N5O. The van der Waals surface area contributed by atoms with Crippen molar-refractivity contribution in [3.63, 3.8) is 0 Å². The zero-order chi connectivity index (χ0) is 14.7. The fourth-order valence-electron chi connectivity index (χ4n) is 2.63. The van der Waals surface area contributed by atoms with Crippen molar-refractivity contribution < 1.29 is 4.79 Å². The van der Waals surface area contributed by atoms with Crippen LogP contribution in [0.15, 0.2) is 37.1 Å². The van der Waals surface area contributed by atoms with Gasteiger partial charge in [0.15, 0.2) is 0 Å². The molecule has 1 aliphatic rings. The Hall–Kier alpha value is -1.63. The molecule has 1 amide bonds. The zero-order valence-electron chi connectivity index (χ0n) is 12.8. The molecule has 1 fully saturated rings. The van der Waals surface area contributed by atoms with Crippen LogP contribution in [0.3, 0.4) is 0 Å². The number of rotatable bonds is 3. The molecule has 0 radical (unpaired) electrons. The molecule has 0 aliphatic carbocycles. The molecule has 1 saturated heterocycles. The molecule has 3 rings (SSSR count). The first kappa shape index (κ1) is 19.4. The first-order valence-electron chi connectivity index (χ1n) is 7.21. The first-order chi connectivity index (χ1) is 10.2. The maximum Gasteiger partial charge on any atom is 0.251 e. The Balaban J connectivity index is 0.00000132. The fourth-order valence-corrected chi connectivity index (χ4v) is 2.63. The normalized spacial score (nSPS) is 20.0. The summed E-state index contributed by atoms with van der Waals surface area (Å²) in [5.41, 5.74) is 0.625. The van der Waals surface area contributed by atoms with E-state index < -0.39 is 0 Å². The number of piperidine rings is 1. The smallest absolute Gasteiger partial charge is 0.251 e. The highest BCUT2D eigenvalue weighted by Crippen LogP contribution is 2.11. The van der Waals surface area contributed by atoms with E-state index in [1.165, 1.54) is 0 Å². The predicted molar refractivity (Wildman–Crippen MR) is 93.8 cm³/mol. The van der Waals surface area contributed by atoms with Gasteiger partial charge in [-0.3, -0.25) is 9.36 Å². The van der Waals surface area contributed by atoms with Crippen LogP contribution < -0.4 is 10.6 Å². The number of nitrogens with zero attached hydrogens (tertiary/aromatic N) is 3. The summed E-state index contributed by atoms with van der Waals surface area (Å²) in [5, 5.41) is 6.49. The van der Waals surface area contributed by atoms with Gasteiger partial charge in [0.25, 0.3) is 5.91 Å². The van der Waals surface area contributed by atoms with Gasteiger partial charge >= 0.3 is 0 Å². The average molecular weight is 358 g/mol. The lowest BCUT2D eigenvalue weighted by Gasteiger charge is -2.28. The summed E-state index contributed by atoms with van der Waals surface area (Å²) in [4.78, 5) is 20.6. The van der Waals surface area contributed by atoms with E-state index in [2.05, 4.69) is 27.5 Å². The Kier molecular flexibility index (Phi) is 7.48. The lowest BCUT2D eigenvalue weighted by molar-refractivity contribution is 0.0925. The topological polar surface area (TPSA) is 71.8 Å². The molecule has 1 aliphatic heterocycles. The molecule has 2 N–H and O–H groups in total. The summed E-state index contributed by atoms with van der Waals surface area (Å²) in [6.07, 6.45) is 8.73. The molecule has 0 bridgehead atoms. The molecule has 2 atom stereocenters. The summed E-state index contributed by atoms with van der Waals surface area (Å²) in [7, 11) is 0. The van der Waals surface area contributed by atoms with Crippen LogP contribution in [0, 0.1) is 0 Å². The molecule has 6 nitrogen and oxygen atoms in total. The van der Waals surface area contributed by atoms with Gasteiger partial charge < -0.3 is 10.6 Å². The van der Waals surface area contributed by atoms with Crippen LogP contribution in [0.4, 0.5) is 0 Å². The molecule has 126 valence electrons. The van der Waals surface area contributed by atoms with Gasteiger partial charge in [-0.2, -0.15) is 0 Å². The summed E-state index contributed by atoms with van der Waals surface area (Å²) in [6, 6.07) is 4.20. The fraction of sp³-hybridized carbons (Fsp3) is 0.400. The standard InChI is InChI=1S/C15H19N5O.2ClH/c1-11-8-13(3-5-17-11)19-15(21)12-2-4-18-14(9-12)20-7-6-16-10-20;;/h2,4,6-7,9-11,13,17H,3,5,8H2,1H3,(H,19,21);2*1H. The quantitative estimate of drug-likeness (QED) is 0.880. The number of pyridine rings is 1. The zero-order valence-corrected chi connectivity index (χ0v) is 14.4. The van der Waals surface area contributed by atoms with E-state index >= 15 is 0 Å². The van der Waals surface area contributed by atoms with Crippen molar-refractivity contribution in [2.45, 2.75) is 31.8 Å². The van der Waals surface area contributed by atoms with Crippen LogP contribution in [-0.4, -0.2) is 39.1 Å². The predicted octanol–water partition coefficient (Wildman–Crippen LogP) is 1.98. The average Bonchev–Trinajstić information content (AvgIpc) is 3.02. The van der Waals surface area contributed by atoms with Gasteiger partial charge in [-0.15, -0.1) is 24.8 Å². The van der Waals surface area contributed by atoms with E-state index in [0.29, 0.717) is 17.4 Å². The Bertz CT molecular complexity index is 620. The minimum absolute atomic E-state index is 0.